The van der Waals surface area contributed by atoms with Crippen LogP contribution in [0.2, 0.25) is 0 Å². The van der Waals surface area contributed by atoms with Gasteiger partial charge in [-0.15, -0.1) is 0 Å². The lowest BCUT2D eigenvalue weighted by atomic mass is 10.1. The Kier molecular flexibility index (Phi) is 12.5. The standard InChI is InChI=1S/C25H41N3O6/c1-4-20-10-5-6-11-21(20)26-24(31)17-27-12-7-8-15-34-18-22(30)25(32)23(33-3)16-28(19(2)29)14-9-13-27/h5-6,10-11,22-23,25,30,32H,4,7-9,12-18H2,1-3H3,(H,26,31)/t22-,23-,25-/m0/s1. The molecule has 0 unspecified atom stereocenters. The van der Waals surface area contributed by atoms with Crippen LogP contribution < -0.4 is 5.32 Å². The quantitative estimate of drug-likeness (QED) is 0.583. The number of hydrogen-bond acceptors (Lipinski definition) is 7. The van der Waals surface area contributed by atoms with E-state index in [4.69, 9.17) is 9.47 Å². The zero-order valence-corrected chi connectivity index (χ0v) is 20.7. The van der Waals surface area contributed by atoms with Gasteiger partial charge in [-0.3, -0.25) is 14.5 Å². The number of rotatable bonds is 5. The van der Waals surface area contributed by atoms with Gasteiger partial charge in [-0.1, -0.05) is 25.1 Å². The lowest BCUT2D eigenvalue weighted by Crippen LogP contribution is -2.48. The summed E-state index contributed by atoms with van der Waals surface area (Å²) in [6.07, 6.45) is 0.115. The van der Waals surface area contributed by atoms with Crippen molar-refractivity contribution in [1.29, 1.82) is 0 Å². The topological polar surface area (TPSA) is 112 Å². The summed E-state index contributed by atoms with van der Waals surface area (Å²) in [6.45, 7) is 6.23. The first-order valence-electron chi connectivity index (χ1n) is 12.2. The smallest absolute Gasteiger partial charge is 0.238 e. The minimum absolute atomic E-state index is 0.00987. The molecule has 0 radical (unpaired) electrons. The molecule has 9 heteroatoms. The first-order chi connectivity index (χ1) is 16.3. The van der Waals surface area contributed by atoms with Crippen molar-refractivity contribution < 1.29 is 29.3 Å². The van der Waals surface area contributed by atoms with Gasteiger partial charge in [-0.05, 0) is 43.9 Å². The van der Waals surface area contributed by atoms with E-state index in [-0.39, 0.29) is 31.5 Å². The third-order valence-electron chi connectivity index (χ3n) is 6.17. The lowest BCUT2D eigenvalue weighted by molar-refractivity contribution is -0.136. The Balaban J connectivity index is 2.03. The maximum absolute atomic E-state index is 12.8. The summed E-state index contributed by atoms with van der Waals surface area (Å²) in [5.74, 6) is -0.200. The molecule has 1 saturated heterocycles. The fourth-order valence-electron chi connectivity index (χ4n) is 4.10. The Hall–Kier alpha value is -2.04. The number of nitrogens with one attached hydrogen (secondary N) is 1. The van der Waals surface area contributed by atoms with Gasteiger partial charge >= 0.3 is 0 Å². The molecule has 2 rings (SSSR count). The number of aliphatic hydroxyl groups excluding tert-OH is 2. The molecule has 34 heavy (non-hydrogen) atoms. The molecule has 0 aliphatic carbocycles. The fourth-order valence-corrected chi connectivity index (χ4v) is 4.10. The number of nitrogens with zero attached hydrogens (tertiary/aromatic N) is 2. The van der Waals surface area contributed by atoms with Crippen LogP contribution in [0.1, 0.15) is 38.7 Å². The minimum atomic E-state index is -1.16. The molecule has 1 heterocycles. The molecule has 1 aliphatic rings. The van der Waals surface area contributed by atoms with Crippen LogP contribution in [-0.2, 0) is 25.5 Å². The Morgan fingerprint density at radius 1 is 1.15 bits per heavy atom. The number of aryl methyl sites for hydroxylation is 1. The third-order valence-corrected chi connectivity index (χ3v) is 6.17. The molecule has 0 bridgehead atoms. The van der Waals surface area contributed by atoms with Crippen molar-refractivity contribution in [3.05, 3.63) is 29.8 Å². The van der Waals surface area contributed by atoms with Crippen molar-refractivity contribution in [2.24, 2.45) is 0 Å². The molecule has 1 aromatic carbocycles. The first kappa shape index (κ1) is 28.2. The van der Waals surface area contributed by atoms with Crippen LogP contribution in [0.15, 0.2) is 24.3 Å². The van der Waals surface area contributed by atoms with Crippen molar-refractivity contribution in [2.45, 2.75) is 57.8 Å². The summed E-state index contributed by atoms with van der Waals surface area (Å²) in [7, 11) is 1.45. The summed E-state index contributed by atoms with van der Waals surface area (Å²) in [5, 5.41) is 23.7. The number of hydrogen-bond donors (Lipinski definition) is 3. The van der Waals surface area contributed by atoms with Crippen molar-refractivity contribution in [1.82, 2.24) is 9.80 Å². The molecule has 9 nitrogen and oxygen atoms in total. The molecule has 0 saturated carbocycles. The molecule has 1 aromatic rings. The maximum atomic E-state index is 12.8. The molecule has 0 spiro atoms. The van der Waals surface area contributed by atoms with Crippen LogP contribution in [0, 0.1) is 0 Å². The predicted octanol–water partition coefficient (Wildman–Crippen LogP) is 1.28. The number of amides is 2. The normalized spacial score (nSPS) is 24.1. The van der Waals surface area contributed by atoms with E-state index in [0.717, 1.165) is 37.1 Å². The van der Waals surface area contributed by atoms with Gasteiger partial charge in [0.15, 0.2) is 0 Å². The zero-order valence-electron chi connectivity index (χ0n) is 20.7. The van der Waals surface area contributed by atoms with Gasteiger partial charge in [0.25, 0.3) is 0 Å². The summed E-state index contributed by atoms with van der Waals surface area (Å²) in [5.41, 5.74) is 1.94. The van der Waals surface area contributed by atoms with E-state index < -0.39 is 18.3 Å². The van der Waals surface area contributed by atoms with Crippen LogP contribution in [0.25, 0.3) is 0 Å². The molecule has 1 fully saturated rings. The molecule has 2 amide bonds. The average molecular weight is 480 g/mol. The van der Waals surface area contributed by atoms with Crippen LogP contribution in [-0.4, -0.2) is 103 Å². The van der Waals surface area contributed by atoms with Crippen molar-refractivity contribution in [3.63, 3.8) is 0 Å². The van der Waals surface area contributed by atoms with E-state index in [2.05, 4.69) is 17.1 Å². The van der Waals surface area contributed by atoms with E-state index in [1.54, 1.807) is 4.90 Å². The lowest BCUT2D eigenvalue weighted by Gasteiger charge is -2.31. The highest BCUT2D eigenvalue weighted by Gasteiger charge is 2.29. The van der Waals surface area contributed by atoms with E-state index in [1.807, 2.05) is 24.3 Å². The first-order valence-corrected chi connectivity index (χ1v) is 12.2. The highest BCUT2D eigenvalue weighted by Crippen LogP contribution is 2.15. The van der Waals surface area contributed by atoms with Crippen LogP contribution >= 0.6 is 0 Å². The molecular formula is C25H41N3O6. The summed E-state index contributed by atoms with van der Waals surface area (Å²) in [4.78, 5) is 28.7. The van der Waals surface area contributed by atoms with E-state index in [9.17, 15) is 19.8 Å². The number of aliphatic hydroxyl groups is 2. The largest absolute Gasteiger partial charge is 0.388 e. The second kappa shape index (κ2) is 15.1. The van der Waals surface area contributed by atoms with E-state index >= 15 is 0 Å². The van der Waals surface area contributed by atoms with E-state index in [0.29, 0.717) is 26.1 Å². The SMILES string of the molecule is CCc1ccccc1NC(=O)CN1CCCCOC[C@H](O)[C@H](O)[C@@H](OC)CN(C(C)=O)CCC1. The van der Waals surface area contributed by atoms with Gasteiger partial charge in [-0.2, -0.15) is 0 Å². The number of ether oxygens (including phenoxy) is 2. The summed E-state index contributed by atoms with van der Waals surface area (Å²) >= 11 is 0. The Morgan fingerprint density at radius 2 is 1.88 bits per heavy atom. The molecule has 1 aliphatic heterocycles. The number of carbonyl (C=O) groups excluding carboxylic acids is 2. The molecule has 192 valence electrons. The summed E-state index contributed by atoms with van der Waals surface area (Å²) < 4.78 is 10.9. The van der Waals surface area contributed by atoms with Crippen molar-refractivity contribution >= 4 is 17.5 Å². The highest BCUT2D eigenvalue weighted by atomic mass is 16.5. The average Bonchev–Trinajstić information content (AvgIpc) is 2.82. The Bertz CT molecular complexity index is 762. The van der Waals surface area contributed by atoms with Crippen LogP contribution in [0.4, 0.5) is 5.69 Å². The van der Waals surface area contributed by atoms with Crippen LogP contribution in [0.5, 0.6) is 0 Å². The Labute approximate surface area is 203 Å². The van der Waals surface area contributed by atoms with Gasteiger partial charge in [0, 0.05) is 46.0 Å². The summed E-state index contributed by atoms with van der Waals surface area (Å²) in [6, 6.07) is 7.81. The molecular weight excluding hydrogens is 438 g/mol. The maximum Gasteiger partial charge on any atom is 0.238 e. The van der Waals surface area contributed by atoms with Gasteiger partial charge < -0.3 is 29.9 Å². The van der Waals surface area contributed by atoms with Gasteiger partial charge in [0.2, 0.25) is 11.8 Å². The zero-order chi connectivity index (χ0) is 24.9. The van der Waals surface area contributed by atoms with Crippen molar-refractivity contribution in [3.8, 4) is 0 Å². The second-order valence-corrected chi connectivity index (χ2v) is 8.77. The number of anilines is 1. The van der Waals surface area contributed by atoms with Gasteiger partial charge in [0.05, 0.1) is 13.2 Å². The molecule has 0 aromatic heterocycles. The fraction of sp³-hybridized carbons (Fsp3) is 0.680. The minimum Gasteiger partial charge on any atom is -0.388 e. The second-order valence-electron chi connectivity index (χ2n) is 8.77. The molecule has 3 N–H and O–H groups in total. The number of carbonyl (C=O) groups is 2. The molecule has 3 atom stereocenters. The number of benzene rings is 1. The van der Waals surface area contributed by atoms with Crippen molar-refractivity contribution in [2.75, 3.05) is 58.4 Å². The number of methoxy groups -OCH3 is 1. The third kappa shape index (κ3) is 9.31. The van der Waals surface area contributed by atoms with Gasteiger partial charge in [0.1, 0.15) is 18.3 Å². The van der Waals surface area contributed by atoms with Crippen LogP contribution in [0.3, 0.4) is 0 Å². The Morgan fingerprint density at radius 3 is 2.59 bits per heavy atom. The van der Waals surface area contributed by atoms with Gasteiger partial charge in [-0.25, -0.2) is 0 Å². The highest BCUT2D eigenvalue weighted by molar-refractivity contribution is 5.93. The number of para-hydroxylation sites is 1. The monoisotopic (exact) mass is 479 g/mol. The van der Waals surface area contributed by atoms with E-state index in [1.165, 1.54) is 14.0 Å². The predicted molar refractivity (Wildman–Crippen MR) is 131 cm³/mol.